The SMILES string of the molecule is CC1(C)COP2(OCC(F)(F)F)(OC1)Oc1c(Cl)c(Cl)c(Cl)c(Cl)c1O2. The fourth-order valence-electron chi connectivity index (χ4n) is 2.12. The fraction of sp³-hybridized carbons (Fsp3) is 0.538. The molecule has 0 bridgehead atoms. The van der Waals surface area contributed by atoms with Crippen LogP contribution in [0.1, 0.15) is 13.8 Å². The second-order valence-electron chi connectivity index (χ2n) is 6.44. The summed E-state index contributed by atoms with van der Waals surface area (Å²) in [5, 5.41) is -0.754. The van der Waals surface area contributed by atoms with Crippen molar-refractivity contribution in [3.05, 3.63) is 20.1 Å². The van der Waals surface area contributed by atoms with E-state index in [-0.39, 0.29) is 44.8 Å². The maximum atomic E-state index is 12.8. The summed E-state index contributed by atoms with van der Waals surface area (Å²) in [4.78, 5) is 0. The molecule has 3 rings (SSSR count). The quantitative estimate of drug-likeness (QED) is 0.265. The second kappa shape index (κ2) is 6.29. The molecule has 0 aliphatic carbocycles. The summed E-state index contributed by atoms with van der Waals surface area (Å²) < 4.78 is 65.5. The van der Waals surface area contributed by atoms with Crippen LogP contribution < -0.4 is 9.05 Å². The molecule has 0 saturated carbocycles. The number of rotatable bonds is 2. The molecule has 1 spiro atoms. The minimum atomic E-state index is -5.18. The van der Waals surface area contributed by atoms with Crippen LogP contribution in [0.4, 0.5) is 13.2 Å². The minimum absolute atomic E-state index is 0.0621. The third-order valence-electron chi connectivity index (χ3n) is 3.44. The van der Waals surface area contributed by atoms with Crippen LogP contribution in [0.2, 0.25) is 20.1 Å². The molecule has 0 N–H and O–H groups in total. The first kappa shape index (κ1) is 20.8. The zero-order valence-corrected chi connectivity index (χ0v) is 17.2. The van der Waals surface area contributed by atoms with E-state index >= 15 is 0 Å². The van der Waals surface area contributed by atoms with Gasteiger partial charge in [-0.05, 0) is 0 Å². The van der Waals surface area contributed by atoms with Crippen molar-refractivity contribution in [3.63, 3.8) is 0 Å². The Morgan fingerprint density at radius 2 is 1.35 bits per heavy atom. The molecule has 26 heavy (non-hydrogen) atoms. The third-order valence-corrected chi connectivity index (χ3v) is 7.82. The van der Waals surface area contributed by atoms with Crippen molar-refractivity contribution in [2.75, 3.05) is 19.8 Å². The van der Waals surface area contributed by atoms with Gasteiger partial charge in [0.25, 0.3) is 0 Å². The first-order valence-electron chi connectivity index (χ1n) is 7.07. The normalized spacial score (nSPS) is 24.3. The van der Waals surface area contributed by atoms with E-state index in [2.05, 4.69) is 0 Å². The molecular formula is C13H12Cl4F3O5P. The van der Waals surface area contributed by atoms with Gasteiger partial charge >= 0.3 is 167 Å². The van der Waals surface area contributed by atoms with Crippen molar-refractivity contribution < 1.29 is 35.8 Å². The molecule has 2 aliphatic heterocycles. The van der Waals surface area contributed by atoms with Crippen LogP contribution in [0.3, 0.4) is 0 Å². The molecule has 1 fully saturated rings. The van der Waals surface area contributed by atoms with E-state index in [1.165, 1.54) is 0 Å². The predicted molar refractivity (Wildman–Crippen MR) is 92.4 cm³/mol. The standard InChI is InChI=1S/C13H12Cl4F3O5P/c1-12(2)3-21-26(22-4-12,23-5-13(18,19)20)24-10-8(16)6(14)7(15)9(17)11(10)25-26/h3-5H2,1-2H3. The average Bonchev–Trinajstić information content (AvgIpc) is 2.90. The van der Waals surface area contributed by atoms with Crippen LogP contribution in [-0.2, 0) is 13.6 Å². The Balaban J connectivity index is 2.07. The molecule has 1 aromatic carbocycles. The Hall–Kier alpha value is 0.0800. The summed E-state index contributed by atoms with van der Waals surface area (Å²) >= 11 is 24.1. The van der Waals surface area contributed by atoms with Crippen molar-refractivity contribution in [1.82, 2.24) is 0 Å². The van der Waals surface area contributed by atoms with E-state index in [9.17, 15) is 13.2 Å². The van der Waals surface area contributed by atoms with Crippen molar-refractivity contribution in [3.8, 4) is 11.5 Å². The van der Waals surface area contributed by atoms with Crippen molar-refractivity contribution >= 4 is 54.1 Å². The summed E-state index contributed by atoms with van der Waals surface area (Å²) in [5.41, 5.74) is -0.519. The van der Waals surface area contributed by atoms with Gasteiger partial charge in [0.05, 0.1) is 0 Å². The van der Waals surface area contributed by atoms with Gasteiger partial charge in [0, 0.05) is 0 Å². The van der Waals surface area contributed by atoms with Gasteiger partial charge in [0.2, 0.25) is 0 Å². The molecule has 0 amide bonds. The number of fused-ring (bicyclic) bond motifs is 1. The second-order valence-corrected chi connectivity index (χ2v) is 10.6. The Labute approximate surface area is 166 Å². The summed E-state index contributed by atoms with van der Waals surface area (Å²) in [7, 11) is -5.18. The van der Waals surface area contributed by atoms with Crippen LogP contribution in [0.15, 0.2) is 0 Å². The number of hydrogen-bond acceptors (Lipinski definition) is 5. The van der Waals surface area contributed by atoms with Gasteiger partial charge in [0.15, 0.2) is 0 Å². The van der Waals surface area contributed by atoms with Crippen LogP contribution in [-0.4, -0.2) is 26.0 Å². The molecule has 2 heterocycles. The first-order chi connectivity index (χ1) is 11.8. The molecular weight excluding hydrogens is 466 g/mol. The van der Waals surface area contributed by atoms with E-state index in [0.717, 1.165) is 0 Å². The van der Waals surface area contributed by atoms with Crippen LogP contribution in [0.5, 0.6) is 11.5 Å². The van der Waals surface area contributed by atoms with Gasteiger partial charge in [-0.3, -0.25) is 0 Å². The zero-order valence-electron chi connectivity index (χ0n) is 13.3. The van der Waals surface area contributed by atoms with E-state index in [0.29, 0.717) is 0 Å². The first-order valence-corrected chi connectivity index (χ1v) is 10.4. The average molecular weight is 478 g/mol. The van der Waals surface area contributed by atoms with Crippen molar-refractivity contribution in [2.24, 2.45) is 5.41 Å². The van der Waals surface area contributed by atoms with E-state index in [4.69, 9.17) is 69.0 Å². The van der Waals surface area contributed by atoms with Crippen LogP contribution in [0, 0.1) is 5.41 Å². The van der Waals surface area contributed by atoms with Crippen molar-refractivity contribution in [1.29, 1.82) is 0 Å². The predicted octanol–water partition coefficient (Wildman–Crippen LogP) is 6.85. The van der Waals surface area contributed by atoms with Crippen molar-refractivity contribution in [2.45, 2.75) is 20.0 Å². The molecule has 1 aromatic rings. The number of halogens is 7. The number of alkyl halides is 3. The molecule has 13 heteroatoms. The van der Waals surface area contributed by atoms with Gasteiger partial charge in [-0.2, -0.15) is 0 Å². The molecule has 148 valence electrons. The van der Waals surface area contributed by atoms with E-state index in [1.807, 2.05) is 0 Å². The van der Waals surface area contributed by atoms with Gasteiger partial charge in [0.1, 0.15) is 0 Å². The van der Waals surface area contributed by atoms with E-state index in [1.54, 1.807) is 13.8 Å². The van der Waals surface area contributed by atoms with E-state index < -0.39 is 25.9 Å². The molecule has 0 atom stereocenters. The fourth-order valence-corrected chi connectivity index (χ4v) is 6.12. The molecule has 0 aromatic heterocycles. The van der Waals surface area contributed by atoms with Gasteiger partial charge in [-0.25, -0.2) is 0 Å². The Morgan fingerprint density at radius 3 is 1.73 bits per heavy atom. The third kappa shape index (κ3) is 3.55. The zero-order chi connectivity index (χ0) is 19.6. The van der Waals surface area contributed by atoms with Gasteiger partial charge < -0.3 is 0 Å². The molecule has 5 nitrogen and oxygen atoms in total. The van der Waals surface area contributed by atoms with Crippen LogP contribution >= 0.6 is 54.1 Å². The number of hydrogen-bond donors (Lipinski definition) is 0. The van der Waals surface area contributed by atoms with Crippen LogP contribution in [0.25, 0.3) is 0 Å². The summed E-state index contributed by atoms with van der Waals surface area (Å²) in [6.45, 7) is 1.69. The Bertz CT molecular complexity index is 722. The van der Waals surface area contributed by atoms with Gasteiger partial charge in [-0.15, -0.1) is 0 Å². The Morgan fingerprint density at radius 1 is 0.923 bits per heavy atom. The summed E-state index contributed by atoms with van der Waals surface area (Å²) in [6, 6.07) is 0. The van der Waals surface area contributed by atoms with Gasteiger partial charge in [-0.1, -0.05) is 0 Å². The molecule has 0 unspecified atom stereocenters. The monoisotopic (exact) mass is 476 g/mol. The molecule has 2 aliphatic rings. The number of benzene rings is 1. The maximum absolute atomic E-state index is 12.8. The molecule has 0 radical (unpaired) electrons. The summed E-state index contributed by atoms with van der Waals surface area (Å²) in [5.74, 6) is -0.517. The Kier molecular flexibility index (Phi) is 5.03. The topological polar surface area (TPSA) is 46.2 Å². The summed E-state index contributed by atoms with van der Waals surface area (Å²) in [6.07, 6.45) is -4.70. The molecule has 1 saturated heterocycles.